The second-order valence-corrected chi connectivity index (χ2v) is 4.89. The minimum atomic E-state index is -4.71. The van der Waals surface area contributed by atoms with Crippen molar-refractivity contribution in [3.63, 3.8) is 0 Å². The molecule has 0 bridgehead atoms. The van der Waals surface area contributed by atoms with Crippen LogP contribution < -0.4 is 9.47 Å². The number of benzene rings is 2. The van der Waals surface area contributed by atoms with E-state index in [4.69, 9.17) is 9.47 Å². The third-order valence-electron chi connectivity index (χ3n) is 3.37. The summed E-state index contributed by atoms with van der Waals surface area (Å²) in [6.07, 6.45) is -4.56. The molecular formula is C17H15F3O3. The Balaban J connectivity index is 2.52. The van der Waals surface area contributed by atoms with E-state index in [1.165, 1.54) is 14.0 Å². The summed E-state index contributed by atoms with van der Waals surface area (Å²) in [6, 6.07) is 9.87. The number of hydrogen-bond acceptors (Lipinski definition) is 3. The predicted octanol–water partition coefficient (Wildman–Crippen LogP) is 4.41. The molecule has 6 heteroatoms. The number of hydrogen-bond donors (Lipinski definition) is 0. The van der Waals surface area contributed by atoms with E-state index < -0.39 is 17.3 Å². The maximum atomic E-state index is 13.4. The van der Waals surface area contributed by atoms with Crippen molar-refractivity contribution >= 4 is 6.29 Å². The summed E-state index contributed by atoms with van der Waals surface area (Å²) >= 11 is 0. The van der Waals surface area contributed by atoms with Gasteiger partial charge in [0, 0.05) is 11.1 Å². The van der Waals surface area contributed by atoms with Crippen LogP contribution in [-0.2, 0) is 12.8 Å². The smallest absolute Gasteiger partial charge is 0.420 e. The molecule has 0 heterocycles. The molecule has 0 spiro atoms. The molecule has 0 amide bonds. The molecule has 0 aliphatic heterocycles. The molecule has 3 nitrogen and oxygen atoms in total. The quantitative estimate of drug-likeness (QED) is 0.764. The molecule has 0 aliphatic rings. The van der Waals surface area contributed by atoms with Crippen LogP contribution in [-0.4, -0.2) is 13.4 Å². The van der Waals surface area contributed by atoms with Gasteiger partial charge in [0.05, 0.1) is 7.11 Å². The van der Waals surface area contributed by atoms with E-state index in [-0.39, 0.29) is 30.0 Å². The summed E-state index contributed by atoms with van der Waals surface area (Å²) in [5, 5.41) is 0. The van der Waals surface area contributed by atoms with Crippen LogP contribution in [0.2, 0.25) is 0 Å². The van der Waals surface area contributed by atoms with Crippen molar-refractivity contribution in [2.75, 3.05) is 7.11 Å². The fourth-order valence-corrected chi connectivity index (χ4v) is 2.26. The number of alkyl halides is 3. The van der Waals surface area contributed by atoms with Crippen LogP contribution >= 0.6 is 0 Å². The Morgan fingerprint density at radius 3 is 2.35 bits per heavy atom. The highest BCUT2D eigenvalue weighted by molar-refractivity contribution is 5.81. The summed E-state index contributed by atoms with van der Waals surface area (Å²) in [5.41, 5.74) is -0.679. The largest absolute Gasteiger partial charge is 0.496 e. The summed E-state index contributed by atoms with van der Waals surface area (Å²) in [6.45, 7) is 1.42. The first-order valence-electron chi connectivity index (χ1n) is 6.79. The number of rotatable bonds is 5. The highest BCUT2D eigenvalue weighted by atomic mass is 19.4. The fourth-order valence-electron chi connectivity index (χ4n) is 2.26. The highest BCUT2D eigenvalue weighted by Gasteiger charge is 2.39. The zero-order valence-electron chi connectivity index (χ0n) is 12.6. The molecule has 0 unspecified atom stereocenters. The first kappa shape index (κ1) is 16.9. The Hall–Kier alpha value is -2.50. The zero-order valence-corrected chi connectivity index (χ0v) is 12.6. The standard InChI is InChI=1S/C17H15F3O3/c1-11-14(22-2)8-13(9-21)15(17(18,19)20)16(11)23-10-12-6-4-3-5-7-12/h3-9H,10H2,1-2H3. The number of methoxy groups -OCH3 is 1. The van der Waals surface area contributed by atoms with E-state index in [1.54, 1.807) is 30.3 Å². The SMILES string of the molecule is COc1cc(C=O)c(C(F)(F)F)c(OCc2ccccc2)c1C. The Labute approximate surface area is 131 Å². The van der Waals surface area contributed by atoms with Gasteiger partial charge in [-0.15, -0.1) is 0 Å². The molecule has 0 atom stereocenters. The van der Waals surface area contributed by atoms with Gasteiger partial charge in [-0.2, -0.15) is 13.2 Å². The van der Waals surface area contributed by atoms with Gasteiger partial charge in [-0.25, -0.2) is 0 Å². The molecule has 2 aromatic carbocycles. The van der Waals surface area contributed by atoms with Crippen LogP contribution in [0.3, 0.4) is 0 Å². The third-order valence-corrected chi connectivity index (χ3v) is 3.37. The normalized spacial score (nSPS) is 11.2. The van der Waals surface area contributed by atoms with Crippen molar-refractivity contribution in [2.24, 2.45) is 0 Å². The van der Waals surface area contributed by atoms with Gasteiger partial charge in [-0.05, 0) is 18.6 Å². The van der Waals surface area contributed by atoms with E-state index in [2.05, 4.69) is 0 Å². The first-order valence-corrected chi connectivity index (χ1v) is 6.79. The third kappa shape index (κ3) is 3.64. The zero-order chi connectivity index (χ0) is 17.0. The minimum absolute atomic E-state index is 0.0454. The van der Waals surface area contributed by atoms with Crippen molar-refractivity contribution in [1.29, 1.82) is 0 Å². The van der Waals surface area contributed by atoms with Crippen molar-refractivity contribution in [1.82, 2.24) is 0 Å². The molecule has 0 fully saturated rings. The van der Waals surface area contributed by atoms with Gasteiger partial charge in [0.1, 0.15) is 23.7 Å². The lowest BCUT2D eigenvalue weighted by Crippen LogP contribution is -2.14. The first-order chi connectivity index (χ1) is 10.9. The van der Waals surface area contributed by atoms with Crippen molar-refractivity contribution in [2.45, 2.75) is 19.7 Å². The average molecular weight is 324 g/mol. The van der Waals surface area contributed by atoms with Crippen molar-refractivity contribution in [3.8, 4) is 11.5 Å². The average Bonchev–Trinajstić information content (AvgIpc) is 2.53. The number of ether oxygens (including phenoxy) is 2. The monoisotopic (exact) mass is 324 g/mol. The number of aldehydes is 1. The van der Waals surface area contributed by atoms with E-state index in [1.807, 2.05) is 0 Å². The van der Waals surface area contributed by atoms with Gasteiger partial charge >= 0.3 is 6.18 Å². The van der Waals surface area contributed by atoms with Crippen LogP contribution in [0.5, 0.6) is 11.5 Å². The second-order valence-electron chi connectivity index (χ2n) is 4.89. The Bertz CT molecular complexity index is 694. The fraction of sp³-hybridized carbons (Fsp3) is 0.235. The predicted molar refractivity (Wildman–Crippen MR) is 78.9 cm³/mol. The van der Waals surface area contributed by atoms with Gasteiger partial charge < -0.3 is 9.47 Å². The van der Waals surface area contributed by atoms with Crippen LogP contribution in [0.25, 0.3) is 0 Å². The molecule has 0 aromatic heterocycles. The maximum absolute atomic E-state index is 13.4. The molecule has 0 radical (unpaired) electrons. The van der Waals surface area contributed by atoms with Gasteiger partial charge in [0.2, 0.25) is 0 Å². The molecular weight excluding hydrogens is 309 g/mol. The lowest BCUT2D eigenvalue weighted by molar-refractivity contribution is -0.139. The number of carbonyl (C=O) groups excluding carboxylic acids is 1. The van der Waals surface area contributed by atoms with Crippen molar-refractivity contribution < 1.29 is 27.4 Å². The molecule has 122 valence electrons. The number of halogens is 3. The summed E-state index contributed by atoms with van der Waals surface area (Å²) in [7, 11) is 1.32. The van der Waals surface area contributed by atoms with E-state index in [9.17, 15) is 18.0 Å². The van der Waals surface area contributed by atoms with Crippen LogP contribution in [0, 0.1) is 6.92 Å². The molecule has 0 saturated heterocycles. The minimum Gasteiger partial charge on any atom is -0.496 e. The molecule has 0 saturated carbocycles. The molecule has 0 N–H and O–H groups in total. The van der Waals surface area contributed by atoms with E-state index in [0.717, 1.165) is 11.6 Å². The second kappa shape index (κ2) is 6.73. The summed E-state index contributed by atoms with van der Waals surface area (Å²) in [5.74, 6) is -0.217. The van der Waals surface area contributed by atoms with Crippen molar-refractivity contribution in [3.05, 3.63) is 58.7 Å². The lowest BCUT2D eigenvalue weighted by Gasteiger charge is -2.20. The Morgan fingerprint density at radius 2 is 1.83 bits per heavy atom. The van der Waals surface area contributed by atoms with Gasteiger partial charge in [-0.3, -0.25) is 4.79 Å². The summed E-state index contributed by atoms with van der Waals surface area (Å²) < 4.78 is 50.5. The van der Waals surface area contributed by atoms with Gasteiger partial charge in [0.15, 0.2) is 6.29 Å². The highest BCUT2D eigenvalue weighted by Crippen LogP contribution is 2.43. The lowest BCUT2D eigenvalue weighted by atomic mass is 10.0. The maximum Gasteiger partial charge on any atom is 0.420 e. The number of carbonyl (C=O) groups is 1. The molecule has 2 aromatic rings. The Kier molecular flexibility index (Phi) is 4.93. The van der Waals surface area contributed by atoms with Gasteiger partial charge in [-0.1, -0.05) is 30.3 Å². The summed E-state index contributed by atoms with van der Waals surface area (Å²) in [4.78, 5) is 11.1. The van der Waals surface area contributed by atoms with Crippen LogP contribution in [0.15, 0.2) is 36.4 Å². The van der Waals surface area contributed by atoms with E-state index >= 15 is 0 Å². The topological polar surface area (TPSA) is 35.5 Å². The van der Waals surface area contributed by atoms with E-state index in [0.29, 0.717) is 0 Å². The molecule has 2 rings (SSSR count). The molecule has 23 heavy (non-hydrogen) atoms. The van der Waals surface area contributed by atoms with Crippen LogP contribution in [0.4, 0.5) is 13.2 Å². The molecule has 0 aliphatic carbocycles. The van der Waals surface area contributed by atoms with Crippen LogP contribution in [0.1, 0.15) is 27.0 Å². The Morgan fingerprint density at radius 1 is 1.17 bits per heavy atom. The van der Waals surface area contributed by atoms with Gasteiger partial charge in [0.25, 0.3) is 0 Å².